The van der Waals surface area contributed by atoms with Crippen LogP contribution >= 0.6 is 11.3 Å². The van der Waals surface area contributed by atoms with E-state index in [-0.39, 0.29) is 5.95 Å². The van der Waals surface area contributed by atoms with Crippen LogP contribution in [0, 0.1) is 6.92 Å². The molecule has 2 aromatic carbocycles. The Hall–Kier alpha value is -3.12. The number of hydrogen-bond donors (Lipinski definition) is 3. The normalized spacial score (nSPS) is 11.1. The highest BCUT2D eigenvalue weighted by atomic mass is 32.1. The van der Waals surface area contributed by atoms with Crippen molar-refractivity contribution in [3.63, 3.8) is 0 Å². The molecule has 0 spiro atoms. The summed E-state index contributed by atoms with van der Waals surface area (Å²) < 4.78 is 1.18. The predicted octanol–water partition coefficient (Wildman–Crippen LogP) is 4.08. The molecule has 25 heavy (non-hydrogen) atoms. The van der Waals surface area contributed by atoms with E-state index < -0.39 is 0 Å². The highest BCUT2D eigenvalue weighted by Gasteiger charge is 2.14. The maximum Gasteiger partial charge on any atom is 0.220 e. The molecule has 4 aromatic rings. The van der Waals surface area contributed by atoms with Crippen LogP contribution in [-0.4, -0.2) is 9.97 Å². The SMILES string of the molecule is Cc1c(-c2ccnc(N)n2)sc2ccc(-c3c(N)cccc3N)cc12. The first kappa shape index (κ1) is 15.4. The van der Waals surface area contributed by atoms with Gasteiger partial charge in [0, 0.05) is 27.8 Å². The van der Waals surface area contributed by atoms with Crippen LogP contribution in [0.2, 0.25) is 0 Å². The number of nitrogen functional groups attached to an aromatic ring is 3. The van der Waals surface area contributed by atoms with Crippen molar-refractivity contribution in [3.8, 4) is 21.7 Å². The second-order valence-corrected chi connectivity index (χ2v) is 6.93. The number of aryl methyl sites for hydroxylation is 1. The molecule has 6 N–H and O–H groups in total. The monoisotopic (exact) mass is 347 g/mol. The quantitative estimate of drug-likeness (QED) is 0.474. The van der Waals surface area contributed by atoms with Crippen molar-refractivity contribution in [1.82, 2.24) is 9.97 Å². The molecule has 0 bridgehead atoms. The zero-order valence-electron chi connectivity index (χ0n) is 13.7. The molecule has 0 aliphatic carbocycles. The summed E-state index contributed by atoms with van der Waals surface area (Å²) in [6, 6.07) is 13.8. The molecule has 2 heterocycles. The molecule has 6 heteroatoms. The Morgan fingerprint density at radius 3 is 2.44 bits per heavy atom. The maximum absolute atomic E-state index is 6.14. The smallest absolute Gasteiger partial charge is 0.220 e. The third-order valence-corrected chi connectivity index (χ3v) is 5.56. The second kappa shape index (κ2) is 5.75. The van der Waals surface area contributed by atoms with Gasteiger partial charge in [0.1, 0.15) is 0 Å². The van der Waals surface area contributed by atoms with Crippen LogP contribution in [0.4, 0.5) is 17.3 Å². The van der Waals surface area contributed by atoms with Gasteiger partial charge in [-0.3, -0.25) is 0 Å². The van der Waals surface area contributed by atoms with Crippen molar-refractivity contribution in [3.05, 3.63) is 54.2 Å². The number of nitrogens with zero attached hydrogens (tertiary/aromatic N) is 2. The van der Waals surface area contributed by atoms with Crippen molar-refractivity contribution in [1.29, 1.82) is 0 Å². The lowest BCUT2D eigenvalue weighted by Crippen LogP contribution is -1.95. The third-order valence-electron chi connectivity index (χ3n) is 4.26. The minimum atomic E-state index is 0.278. The molecule has 0 aliphatic heterocycles. The summed E-state index contributed by atoms with van der Waals surface area (Å²) in [5, 5.41) is 1.16. The fourth-order valence-electron chi connectivity index (χ4n) is 3.04. The second-order valence-electron chi connectivity index (χ2n) is 5.88. The molecule has 5 nitrogen and oxygen atoms in total. The average molecular weight is 347 g/mol. The van der Waals surface area contributed by atoms with Gasteiger partial charge in [-0.2, -0.15) is 0 Å². The Labute approximate surface area is 149 Å². The Kier molecular flexibility index (Phi) is 3.54. The molecule has 4 rings (SSSR count). The lowest BCUT2D eigenvalue weighted by Gasteiger charge is -2.09. The highest BCUT2D eigenvalue weighted by Crippen LogP contribution is 2.40. The largest absolute Gasteiger partial charge is 0.398 e. The fraction of sp³-hybridized carbons (Fsp3) is 0.0526. The molecule has 0 saturated heterocycles. The fourth-order valence-corrected chi connectivity index (χ4v) is 4.20. The molecule has 0 radical (unpaired) electrons. The molecule has 2 aromatic heterocycles. The van der Waals surface area contributed by atoms with Gasteiger partial charge in [-0.1, -0.05) is 12.1 Å². The number of benzene rings is 2. The Bertz CT molecular complexity index is 1080. The van der Waals surface area contributed by atoms with Crippen LogP contribution in [0.1, 0.15) is 5.56 Å². The zero-order valence-corrected chi connectivity index (χ0v) is 14.5. The summed E-state index contributed by atoms with van der Waals surface area (Å²) in [7, 11) is 0. The Morgan fingerprint density at radius 1 is 0.960 bits per heavy atom. The standard InChI is InChI=1S/C19H17N5S/c1-10-12-9-11(17-13(20)3-2-4-14(17)21)5-6-16(12)25-18(10)15-7-8-23-19(22)24-15/h2-9H,20-21H2,1H3,(H2,22,23,24). The first-order valence-corrected chi connectivity index (χ1v) is 8.62. The predicted molar refractivity (Wildman–Crippen MR) is 106 cm³/mol. The van der Waals surface area contributed by atoms with Gasteiger partial charge >= 0.3 is 0 Å². The number of thiophene rings is 1. The van der Waals surface area contributed by atoms with Crippen LogP contribution < -0.4 is 17.2 Å². The van der Waals surface area contributed by atoms with Crippen LogP contribution in [0.5, 0.6) is 0 Å². The van der Waals surface area contributed by atoms with Crippen LogP contribution in [0.3, 0.4) is 0 Å². The number of aromatic nitrogens is 2. The van der Waals surface area contributed by atoms with Gasteiger partial charge in [0.05, 0.1) is 10.6 Å². The van der Waals surface area contributed by atoms with Crippen LogP contribution in [-0.2, 0) is 0 Å². The van der Waals surface area contributed by atoms with Gasteiger partial charge < -0.3 is 17.2 Å². The van der Waals surface area contributed by atoms with Gasteiger partial charge in [-0.05, 0) is 53.8 Å². The first-order valence-electron chi connectivity index (χ1n) is 7.81. The van der Waals surface area contributed by atoms with Crippen molar-refractivity contribution in [2.75, 3.05) is 17.2 Å². The van der Waals surface area contributed by atoms with Gasteiger partial charge in [0.25, 0.3) is 0 Å². The summed E-state index contributed by atoms with van der Waals surface area (Å²) >= 11 is 1.69. The molecule has 124 valence electrons. The lowest BCUT2D eigenvalue weighted by atomic mass is 9.99. The summed E-state index contributed by atoms with van der Waals surface area (Å²) in [5.74, 6) is 0.278. The van der Waals surface area contributed by atoms with Crippen molar-refractivity contribution < 1.29 is 0 Å². The van der Waals surface area contributed by atoms with Gasteiger partial charge in [-0.25, -0.2) is 9.97 Å². The van der Waals surface area contributed by atoms with E-state index in [0.717, 1.165) is 32.6 Å². The van der Waals surface area contributed by atoms with Crippen molar-refractivity contribution in [2.24, 2.45) is 0 Å². The van der Waals surface area contributed by atoms with Gasteiger partial charge in [0.15, 0.2) is 0 Å². The maximum atomic E-state index is 6.14. The van der Waals surface area contributed by atoms with E-state index in [1.807, 2.05) is 24.3 Å². The minimum Gasteiger partial charge on any atom is -0.398 e. The Balaban J connectivity index is 1.91. The number of fused-ring (bicyclic) bond motifs is 1. The molecule has 0 unspecified atom stereocenters. The van der Waals surface area contributed by atoms with Gasteiger partial charge in [0.2, 0.25) is 5.95 Å². The molecular weight excluding hydrogens is 330 g/mol. The van der Waals surface area contributed by atoms with E-state index in [1.54, 1.807) is 17.5 Å². The number of anilines is 3. The average Bonchev–Trinajstić information content (AvgIpc) is 2.91. The van der Waals surface area contributed by atoms with Crippen molar-refractivity contribution in [2.45, 2.75) is 6.92 Å². The van der Waals surface area contributed by atoms with E-state index in [2.05, 4.69) is 35.1 Å². The van der Waals surface area contributed by atoms with Crippen LogP contribution in [0.15, 0.2) is 48.7 Å². The van der Waals surface area contributed by atoms with E-state index in [4.69, 9.17) is 17.2 Å². The molecule has 0 aliphatic rings. The minimum absolute atomic E-state index is 0.278. The van der Waals surface area contributed by atoms with Crippen molar-refractivity contribution >= 4 is 38.7 Å². The van der Waals surface area contributed by atoms with E-state index in [9.17, 15) is 0 Å². The molecular formula is C19H17N5S. The first-order chi connectivity index (χ1) is 12.0. The van der Waals surface area contributed by atoms with E-state index >= 15 is 0 Å². The summed E-state index contributed by atoms with van der Waals surface area (Å²) in [4.78, 5) is 9.40. The van der Waals surface area contributed by atoms with Gasteiger partial charge in [-0.15, -0.1) is 11.3 Å². The molecule has 0 amide bonds. The summed E-state index contributed by atoms with van der Waals surface area (Å²) in [6.45, 7) is 2.09. The zero-order chi connectivity index (χ0) is 17.6. The number of hydrogen-bond acceptors (Lipinski definition) is 6. The topological polar surface area (TPSA) is 104 Å². The molecule has 0 fully saturated rings. The third kappa shape index (κ3) is 2.56. The highest BCUT2D eigenvalue weighted by molar-refractivity contribution is 7.22. The lowest BCUT2D eigenvalue weighted by molar-refractivity contribution is 1.19. The van der Waals surface area contributed by atoms with E-state index in [0.29, 0.717) is 11.4 Å². The molecule has 0 atom stereocenters. The summed E-state index contributed by atoms with van der Waals surface area (Å²) in [5.41, 5.74) is 23.3. The molecule has 0 saturated carbocycles. The van der Waals surface area contributed by atoms with E-state index in [1.165, 1.54) is 4.70 Å². The summed E-state index contributed by atoms with van der Waals surface area (Å²) in [6.07, 6.45) is 1.68. The number of nitrogens with two attached hydrogens (primary N) is 3. The Morgan fingerprint density at radius 2 is 1.72 bits per heavy atom. The number of rotatable bonds is 2. The van der Waals surface area contributed by atoms with Crippen LogP contribution in [0.25, 0.3) is 31.8 Å².